The van der Waals surface area contributed by atoms with Crippen LogP contribution >= 0.6 is 0 Å². The smallest absolute Gasteiger partial charge is 0.220 e. The van der Waals surface area contributed by atoms with Crippen LogP contribution in [0.25, 0.3) is 0 Å². The molecule has 2 aromatic carbocycles. The van der Waals surface area contributed by atoms with Crippen molar-refractivity contribution >= 4 is 21.4 Å². The van der Waals surface area contributed by atoms with Crippen LogP contribution in [0.5, 0.6) is 5.75 Å². The Kier molecular flexibility index (Phi) is 8.08. The first-order valence-electron chi connectivity index (χ1n) is 9.71. The number of nitrogens with zero attached hydrogens (tertiary/aromatic N) is 1. The molecule has 0 radical (unpaired) electrons. The lowest BCUT2D eigenvalue weighted by Gasteiger charge is -2.20. The number of sulfone groups is 1. The Balaban J connectivity index is 2.35. The molecule has 0 unspecified atom stereocenters. The normalized spacial score (nSPS) is 12.3. The van der Waals surface area contributed by atoms with Gasteiger partial charge in [-0.3, -0.25) is 4.79 Å². The van der Waals surface area contributed by atoms with E-state index in [-0.39, 0.29) is 17.3 Å². The molecule has 6 nitrogen and oxygen atoms in total. The minimum Gasteiger partial charge on any atom is -0.497 e. The van der Waals surface area contributed by atoms with Gasteiger partial charge in [0, 0.05) is 32.7 Å². The van der Waals surface area contributed by atoms with Crippen LogP contribution in [0.15, 0.2) is 53.4 Å². The summed E-state index contributed by atoms with van der Waals surface area (Å²) in [5, 5.41) is 1.92. The Morgan fingerprint density at radius 3 is 2.21 bits per heavy atom. The van der Waals surface area contributed by atoms with Crippen molar-refractivity contribution in [1.29, 1.82) is 0 Å². The number of carbonyl (C=O) groups excluding carboxylic acids is 1. The minimum atomic E-state index is -3.71. The van der Waals surface area contributed by atoms with Gasteiger partial charge in [-0.25, -0.2) is 8.42 Å². The lowest BCUT2D eigenvalue weighted by atomic mass is 10.1. The molecule has 0 saturated carbocycles. The molecule has 1 atom stereocenters. The summed E-state index contributed by atoms with van der Waals surface area (Å²) < 4.78 is 31.9. The van der Waals surface area contributed by atoms with Crippen LogP contribution in [-0.2, 0) is 14.6 Å². The number of hydrogen-bond acceptors (Lipinski definition) is 5. The Morgan fingerprint density at radius 2 is 1.69 bits per heavy atom. The fraction of sp³-hybridized carbons (Fsp3) is 0.409. The van der Waals surface area contributed by atoms with E-state index in [0.29, 0.717) is 17.7 Å². The molecule has 29 heavy (non-hydrogen) atoms. The van der Waals surface area contributed by atoms with Gasteiger partial charge in [0.2, 0.25) is 5.91 Å². The van der Waals surface area contributed by atoms with Crippen molar-refractivity contribution in [2.24, 2.45) is 0 Å². The molecule has 2 rings (SSSR count). The monoisotopic (exact) mass is 418 g/mol. The van der Waals surface area contributed by atoms with Gasteiger partial charge in [-0.1, -0.05) is 25.5 Å². The zero-order chi connectivity index (χ0) is 21.4. The second-order valence-corrected chi connectivity index (χ2v) is 9.23. The number of rotatable bonds is 10. The van der Waals surface area contributed by atoms with Crippen molar-refractivity contribution in [2.45, 2.75) is 36.3 Å². The number of anilines is 1. The average molecular weight is 419 g/mol. The highest BCUT2D eigenvalue weighted by Crippen LogP contribution is 2.30. The predicted octanol–water partition coefficient (Wildman–Crippen LogP) is 3.58. The van der Waals surface area contributed by atoms with Crippen LogP contribution in [0.4, 0.5) is 5.69 Å². The van der Waals surface area contributed by atoms with Crippen LogP contribution in [0.3, 0.4) is 0 Å². The topological polar surface area (TPSA) is 75.7 Å². The molecule has 0 fully saturated rings. The highest BCUT2D eigenvalue weighted by atomic mass is 32.2. The van der Waals surface area contributed by atoms with Gasteiger partial charge in [-0.2, -0.15) is 0 Å². The molecular formula is C22H30N2O4S. The number of unbranched alkanes of at least 4 members (excludes halogenated alkanes) is 1. The quantitative estimate of drug-likeness (QED) is 0.638. The van der Waals surface area contributed by atoms with Gasteiger partial charge < -0.3 is 15.0 Å². The van der Waals surface area contributed by atoms with E-state index in [4.69, 9.17) is 4.74 Å². The Labute approximate surface area is 173 Å². The van der Waals surface area contributed by atoms with E-state index in [9.17, 15) is 13.2 Å². The number of hydrogen-bond donors (Lipinski definition) is 1. The molecule has 0 spiro atoms. The third-order valence-corrected chi connectivity index (χ3v) is 6.90. The number of amides is 1. The van der Waals surface area contributed by atoms with Crippen LogP contribution in [0.2, 0.25) is 0 Å². The molecule has 0 heterocycles. The van der Waals surface area contributed by atoms with Gasteiger partial charge in [-0.15, -0.1) is 0 Å². The third kappa shape index (κ3) is 5.97. The summed E-state index contributed by atoms with van der Waals surface area (Å²) in [5.41, 5.74) is 1.61. The van der Waals surface area contributed by atoms with Crippen LogP contribution in [0, 0.1) is 0 Å². The SMILES string of the molecule is CCCCC(=O)NC[C@H](c1ccc(N(C)C)cc1)S(=O)(=O)c1ccc(OC)cc1. The van der Waals surface area contributed by atoms with E-state index in [1.807, 2.05) is 38.1 Å². The van der Waals surface area contributed by atoms with Gasteiger partial charge in [0.25, 0.3) is 0 Å². The van der Waals surface area contributed by atoms with E-state index in [1.54, 1.807) is 24.3 Å². The minimum absolute atomic E-state index is 0.0260. The Bertz CT molecular complexity index is 891. The zero-order valence-corrected chi connectivity index (χ0v) is 18.3. The largest absolute Gasteiger partial charge is 0.497 e. The molecule has 0 aromatic heterocycles. The maximum absolute atomic E-state index is 13.4. The molecule has 0 aliphatic heterocycles. The third-order valence-electron chi connectivity index (χ3n) is 4.79. The summed E-state index contributed by atoms with van der Waals surface area (Å²) in [5.74, 6) is 0.454. The number of carbonyl (C=O) groups is 1. The van der Waals surface area contributed by atoms with Gasteiger partial charge in [0.05, 0.1) is 12.0 Å². The second kappa shape index (κ2) is 10.3. The van der Waals surface area contributed by atoms with Crippen molar-refractivity contribution in [3.05, 3.63) is 54.1 Å². The summed E-state index contributed by atoms with van der Waals surface area (Å²) in [4.78, 5) is 14.2. The molecule has 0 bridgehead atoms. The maximum Gasteiger partial charge on any atom is 0.220 e. The zero-order valence-electron chi connectivity index (χ0n) is 17.5. The number of benzene rings is 2. The molecule has 7 heteroatoms. The van der Waals surface area contributed by atoms with Crippen molar-refractivity contribution in [3.8, 4) is 5.75 Å². The summed E-state index contributed by atoms with van der Waals surface area (Å²) in [6.45, 7) is 2.04. The fourth-order valence-corrected chi connectivity index (χ4v) is 4.62. The number of nitrogens with one attached hydrogen (secondary N) is 1. The van der Waals surface area contributed by atoms with Crippen molar-refractivity contribution in [2.75, 3.05) is 32.6 Å². The van der Waals surface area contributed by atoms with Crippen LogP contribution in [-0.4, -0.2) is 42.1 Å². The number of methoxy groups -OCH3 is 1. The second-order valence-electron chi connectivity index (χ2n) is 7.10. The molecule has 1 amide bonds. The first-order chi connectivity index (χ1) is 13.8. The molecule has 0 aliphatic rings. The molecular weight excluding hydrogens is 388 g/mol. The lowest BCUT2D eigenvalue weighted by Crippen LogP contribution is -2.31. The van der Waals surface area contributed by atoms with Gasteiger partial charge in [0.1, 0.15) is 11.0 Å². The molecule has 158 valence electrons. The van der Waals surface area contributed by atoms with Gasteiger partial charge in [0.15, 0.2) is 9.84 Å². The van der Waals surface area contributed by atoms with Crippen LogP contribution < -0.4 is 15.0 Å². The first-order valence-corrected chi connectivity index (χ1v) is 11.3. The summed E-state index contributed by atoms with van der Waals surface area (Å²) >= 11 is 0. The standard InChI is InChI=1S/C22H30N2O4S/c1-5-6-7-22(25)23-16-21(17-8-10-18(11-9-17)24(2)3)29(26,27)20-14-12-19(28-4)13-15-20/h8-15,21H,5-7,16H2,1-4H3,(H,23,25)/t21-/m1/s1. The van der Waals surface area contributed by atoms with E-state index in [0.717, 1.165) is 18.5 Å². The van der Waals surface area contributed by atoms with Crippen molar-refractivity contribution in [3.63, 3.8) is 0 Å². The average Bonchev–Trinajstić information content (AvgIpc) is 2.72. The predicted molar refractivity (Wildman–Crippen MR) is 116 cm³/mol. The lowest BCUT2D eigenvalue weighted by molar-refractivity contribution is -0.121. The van der Waals surface area contributed by atoms with Crippen LogP contribution in [0.1, 0.15) is 37.0 Å². The maximum atomic E-state index is 13.4. The molecule has 2 aromatic rings. The van der Waals surface area contributed by atoms with Crippen molar-refractivity contribution in [1.82, 2.24) is 5.32 Å². The molecule has 1 N–H and O–H groups in total. The number of ether oxygens (including phenoxy) is 1. The Hall–Kier alpha value is -2.54. The first kappa shape index (κ1) is 22.7. The van der Waals surface area contributed by atoms with E-state index in [1.165, 1.54) is 19.2 Å². The highest BCUT2D eigenvalue weighted by Gasteiger charge is 2.29. The van der Waals surface area contributed by atoms with Gasteiger partial charge in [-0.05, 0) is 48.4 Å². The van der Waals surface area contributed by atoms with Gasteiger partial charge >= 0.3 is 0 Å². The highest BCUT2D eigenvalue weighted by molar-refractivity contribution is 7.91. The summed E-state index contributed by atoms with van der Waals surface area (Å²) in [7, 11) is 1.67. The van der Waals surface area contributed by atoms with E-state index < -0.39 is 15.1 Å². The van der Waals surface area contributed by atoms with Crippen molar-refractivity contribution < 1.29 is 17.9 Å². The summed E-state index contributed by atoms with van der Waals surface area (Å²) in [6, 6.07) is 13.7. The fourth-order valence-electron chi connectivity index (χ4n) is 2.96. The Morgan fingerprint density at radius 1 is 1.07 bits per heavy atom. The van der Waals surface area contributed by atoms with E-state index in [2.05, 4.69) is 5.32 Å². The summed E-state index contributed by atoms with van der Waals surface area (Å²) in [6.07, 6.45) is 2.08. The molecule has 0 saturated heterocycles. The molecule has 0 aliphatic carbocycles. The van der Waals surface area contributed by atoms with E-state index >= 15 is 0 Å².